The van der Waals surface area contributed by atoms with Gasteiger partial charge in [0.05, 0.1) is 5.71 Å². The van der Waals surface area contributed by atoms with E-state index < -0.39 is 12.2 Å². The largest absolute Gasteiger partial charge is 0.416 e. The molecule has 1 nitrogen and oxygen atoms in total. The molecule has 1 aromatic rings. The Labute approximate surface area is 86.8 Å². The Morgan fingerprint density at radius 1 is 1.14 bits per heavy atom. The first-order chi connectivity index (χ1) is 6.48. The van der Waals surface area contributed by atoms with Gasteiger partial charge in [-0.15, -0.1) is 0 Å². The lowest BCUT2D eigenvalue weighted by Gasteiger charge is -2.02. The summed E-state index contributed by atoms with van der Waals surface area (Å²) in [5.41, 5.74) is 0.667. The number of rotatable bonds is 1. The fourth-order valence-corrected chi connectivity index (χ4v) is 1.45. The average Bonchev–Trinajstić information content (AvgIpc) is 2.83. The third-order valence-electron chi connectivity index (χ3n) is 1.91. The highest BCUT2D eigenvalue weighted by molar-refractivity contribution is 9.10. The van der Waals surface area contributed by atoms with Crippen LogP contribution in [0.25, 0.3) is 0 Å². The molecular weight excluding hydrogens is 259 g/mol. The Morgan fingerprint density at radius 2 is 1.71 bits per heavy atom. The summed E-state index contributed by atoms with van der Waals surface area (Å²) in [4.78, 5) is 3.40. The Morgan fingerprint density at radius 3 is 2.14 bits per heavy atom. The summed E-state index contributed by atoms with van der Waals surface area (Å²) in [5.74, 6) is 0. The normalized spacial score (nSPS) is 20.6. The topological polar surface area (TPSA) is 12.4 Å². The van der Waals surface area contributed by atoms with Gasteiger partial charge in [-0.2, -0.15) is 13.2 Å². The van der Waals surface area contributed by atoms with Crippen LogP contribution in [-0.4, -0.2) is 17.9 Å². The fraction of sp³-hybridized carbons (Fsp3) is 0.222. The fourth-order valence-electron chi connectivity index (χ4n) is 1.18. The van der Waals surface area contributed by atoms with Crippen LogP contribution in [0.5, 0.6) is 0 Å². The highest BCUT2D eigenvalue weighted by atomic mass is 79.9. The molecule has 14 heavy (non-hydrogen) atoms. The summed E-state index contributed by atoms with van der Waals surface area (Å²) in [6.07, 6.45) is -4.23. The maximum atomic E-state index is 12.1. The van der Waals surface area contributed by atoms with Crippen LogP contribution in [0.2, 0.25) is 0 Å². The lowest BCUT2D eigenvalue weighted by Crippen LogP contribution is -2.21. The van der Waals surface area contributed by atoms with Crippen molar-refractivity contribution in [2.45, 2.75) is 12.2 Å². The second-order valence-electron chi connectivity index (χ2n) is 2.97. The van der Waals surface area contributed by atoms with Crippen molar-refractivity contribution in [1.82, 2.24) is 0 Å². The maximum absolute atomic E-state index is 12.1. The van der Waals surface area contributed by atoms with E-state index in [1.807, 2.05) is 0 Å². The molecule has 5 heteroatoms. The smallest absolute Gasteiger partial charge is 0.267 e. The number of hydrogen-bond donors (Lipinski definition) is 0. The average molecular weight is 264 g/mol. The van der Waals surface area contributed by atoms with Gasteiger partial charge in [-0.25, -0.2) is 0 Å². The van der Waals surface area contributed by atoms with E-state index in [9.17, 15) is 13.2 Å². The molecule has 74 valence electrons. The monoisotopic (exact) mass is 263 g/mol. The number of alkyl halides is 3. The number of aliphatic imine (C=N–C) groups is 1. The van der Waals surface area contributed by atoms with E-state index in [1.165, 1.54) is 0 Å². The Bertz CT molecular complexity index is 380. The number of benzene rings is 1. The zero-order chi connectivity index (χ0) is 10.3. The summed E-state index contributed by atoms with van der Waals surface area (Å²) >= 11 is 3.21. The number of hydrogen-bond acceptors (Lipinski definition) is 1. The van der Waals surface area contributed by atoms with Crippen LogP contribution in [0.15, 0.2) is 33.7 Å². The molecule has 0 aromatic heterocycles. The van der Waals surface area contributed by atoms with Crippen molar-refractivity contribution < 1.29 is 13.2 Å². The van der Waals surface area contributed by atoms with Crippen LogP contribution in [-0.2, 0) is 0 Å². The molecule has 0 bridgehead atoms. The van der Waals surface area contributed by atoms with Crippen molar-refractivity contribution >= 4 is 21.6 Å². The molecule has 0 N–H and O–H groups in total. The van der Waals surface area contributed by atoms with E-state index in [1.54, 1.807) is 24.3 Å². The first-order valence-corrected chi connectivity index (χ1v) is 4.68. The second kappa shape index (κ2) is 3.08. The molecule has 0 fully saturated rings. The van der Waals surface area contributed by atoms with Crippen LogP contribution in [0, 0.1) is 0 Å². The van der Waals surface area contributed by atoms with E-state index in [0.717, 1.165) is 4.47 Å². The standard InChI is InChI=1S/C9H5BrF3N/c10-6-3-1-5(2-4-6)7-8(14-7)9(11,12)13/h1-4,8H. The van der Waals surface area contributed by atoms with Gasteiger partial charge in [0.15, 0.2) is 6.04 Å². The van der Waals surface area contributed by atoms with Crippen LogP contribution in [0.1, 0.15) is 5.56 Å². The summed E-state index contributed by atoms with van der Waals surface area (Å²) in [7, 11) is 0. The van der Waals surface area contributed by atoms with Crippen molar-refractivity contribution in [3.8, 4) is 0 Å². The van der Waals surface area contributed by atoms with Gasteiger partial charge < -0.3 is 0 Å². The molecule has 1 unspecified atom stereocenters. The van der Waals surface area contributed by atoms with E-state index in [2.05, 4.69) is 20.9 Å². The van der Waals surface area contributed by atoms with Gasteiger partial charge in [0.2, 0.25) is 0 Å². The van der Waals surface area contributed by atoms with Crippen molar-refractivity contribution in [1.29, 1.82) is 0 Å². The van der Waals surface area contributed by atoms with Crippen LogP contribution in [0.4, 0.5) is 13.2 Å². The summed E-state index contributed by atoms with van der Waals surface area (Å²) in [6, 6.07) is 5.06. The van der Waals surface area contributed by atoms with Crippen LogP contribution < -0.4 is 0 Å². The molecule has 0 saturated heterocycles. The van der Waals surface area contributed by atoms with E-state index in [4.69, 9.17) is 0 Å². The molecule has 0 radical (unpaired) electrons. The van der Waals surface area contributed by atoms with Gasteiger partial charge in [0.1, 0.15) is 0 Å². The van der Waals surface area contributed by atoms with E-state index in [-0.39, 0.29) is 5.71 Å². The molecule has 1 aliphatic rings. The molecule has 1 aliphatic heterocycles. The molecule has 2 rings (SSSR count). The maximum Gasteiger partial charge on any atom is 0.416 e. The zero-order valence-corrected chi connectivity index (χ0v) is 8.43. The molecule has 1 heterocycles. The number of nitrogens with zero attached hydrogens (tertiary/aromatic N) is 1. The van der Waals surface area contributed by atoms with Gasteiger partial charge in [-0.05, 0) is 17.7 Å². The van der Waals surface area contributed by atoms with Crippen molar-refractivity contribution in [3.63, 3.8) is 0 Å². The van der Waals surface area contributed by atoms with Gasteiger partial charge in [0, 0.05) is 4.47 Å². The highest BCUT2D eigenvalue weighted by Gasteiger charge is 2.51. The van der Waals surface area contributed by atoms with Gasteiger partial charge in [0.25, 0.3) is 0 Å². The molecule has 0 aliphatic carbocycles. The molecule has 0 amide bonds. The molecule has 0 spiro atoms. The lowest BCUT2D eigenvalue weighted by molar-refractivity contribution is -0.124. The van der Waals surface area contributed by atoms with Crippen molar-refractivity contribution in [2.75, 3.05) is 0 Å². The van der Waals surface area contributed by atoms with Crippen molar-refractivity contribution in [2.24, 2.45) is 4.99 Å². The SMILES string of the molecule is FC(F)(F)C1N=C1c1ccc(Br)cc1. The van der Waals surface area contributed by atoms with Crippen molar-refractivity contribution in [3.05, 3.63) is 34.3 Å². The molecule has 1 atom stereocenters. The Hall–Kier alpha value is -0.840. The second-order valence-corrected chi connectivity index (χ2v) is 3.88. The van der Waals surface area contributed by atoms with Crippen LogP contribution in [0.3, 0.4) is 0 Å². The summed E-state index contributed by atoms with van der Waals surface area (Å²) in [5, 5.41) is 0. The predicted octanol–water partition coefficient (Wildman–Crippen LogP) is 3.18. The van der Waals surface area contributed by atoms with Gasteiger partial charge in [-0.3, -0.25) is 4.99 Å². The minimum absolute atomic E-state index is 0.130. The summed E-state index contributed by atoms with van der Waals surface area (Å²) < 4.78 is 37.2. The third-order valence-corrected chi connectivity index (χ3v) is 2.44. The minimum Gasteiger partial charge on any atom is -0.267 e. The minimum atomic E-state index is -4.23. The Balaban J connectivity index is 2.14. The van der Waals surface area contributed by atoms with E-state index >= 15 is 0 Å². The Kier molecular flexibility index (Phi) is 2.14. The summed E-state index contributed by atoms with van der Waals surface area (Å²) in [6.45, 7) is 0. The first-order valence-electron chi connectivity index (χ1n) is 3.89. The quantitative estimate of drug-likeness (QED) is 0.738. The molecule has 1 aromatic carbocycles. The van der Waals surface area contributed by atoms with E-state index in [0.29, 0.717) is 5.56 Å². The zero-order valence-electron chi connectivity index (χ0n) is 6.85. The highest BCUT2D eigenvalue weighted by Crippen LogP contribution is 2.35. The molecular formula is C9H5BrF3N. The van der Waals surface area contributed by atoms with Gasteiger partial charge >= 0.3 is 6.18 Å². The first kappa shape index (κ1) is 9.71. The molecule has 0 saturated carbocycles. The lowest BCUT2D eigenvalue weighted by atomic mass is 10.1. The third kappa shape index (κ3) is 1.82. The van der Waals surface area contributed by atoms with Gasteiger partial charge in [-0.1, -0.05) is 28.1 Å². The predicted molar refractivity (Wildman–Crippen MR) is 50.5 cm³/mol. The number of halogens is 4. The van der Waals surface area contributed by atoms with Crippen LogP contribution >= 0.6 is 15.9 Å².